The fourth-order valence-electron chi connectivity index (χ4n) is 6.60. The summed E-state index contributed by atoms with van der Waals surface area (Å²) in [7, 11) is 0. The Balaban J connectivity index is 1.39. The van der Waals surface area contributed by atoms with Gasteiger partial charge in [-0.25, -0.2) is 0 Å². The van der Waals surface area contributed by atoms with E-state index in [2.05, 4.69) is 158 Å². The van der Waals surface area contributed by atoms with Crippen LogP contribution in [0.2, 0.25) is 0 Å². The molecule has 8 aromatic rings. The van der Waals surface area contributed by atoms with E-state index in [0.29, 0.717) is 0 Å². The van der Waals surface area contributed by atoms with Gasteiger partial charge in [0.05, 0.1) is 16.7 Å². The second-order valence-electron chi connectivity index (χ2n) is 11.1. The number of fused-ring (bicyclic) bond motifs is 6. The smallest absolute Gasteiger partial charge is 0.0546 e. The summed E-state index contributed by atoms with van der Waals surface area (Å²) in [4.78, 5) is 0. The maximum Gasteiger partial charge on any atom is 0.0546 e. The van der Waals surface area contributed by atoms with Gasteiger partial charge in [0, 0.05) is 16.2 Å². The molecule has 0 amide bonds. The molecule has 1 heteroatoms. The van der Waals surface area contributed by atoms with E-state index < -0.39 is 0 Å². The summed E-state index contributed by atoms with van der Waals surface area (Å²) in [5.41, 5.74) is 11.3. The fourth-order valence-corrected chi connectivity index (χ4v) is 6.60. The van der Waals surface area contributed by atoms with Crippen LogP contribution in [0.4, 0.5) is 0 Å². The molecule has 194 valence electrons. The Labute approximate surface area is 239 Å². The summed E-state index contributed by atoms with van der Waals surface area (Å²) in [6.45, 7) is 4.40. The zero-order chi connectivity index (χ0) is 27.5. The Morgan fingerprint density at radius 3 is 1.85 bits per heavy atom. The molecule has 0 aliphatic heterocycles. The van der Waals surface area contributed by atoms with Crippen LogP contribution in [-0.2, 0) is 0 Å². The van der Waals surface area contributed by atoms with Crippen molar-refractivity contribution in [3.63, 3.8) is 0 Å². The monoisotopic (exact) mass is 523 g/mol. The third kappa shape index (κ3) is 3.70. The first-order valence-electron chi connectivity index (χ1n) is 14.3. The molecule has 0 spiro atoms. The van der Waals surface area contributed by atoms with Crippen molar-refractivity contribution in [3.05, 3.63) is 151 Å². The second-order valence-corrected chi connectivity index (χ2v) is 11.1. The first-order valence-corrected chi connectivity index (χ1v) is 14.3. The van der Waals surface area contributed by atoms with Crippen LogP contribution in [0.5, 0.6) is 0 Å². The van der Waals surface area contributed by atoms with E-state index in [-0.39, 0.29) is 0 Å². The minimum Gasteiger partial charge on any atom is -0.309 e. The number of aromatic nitrogens is 1. The summed E-state index contributed by atoms with van der Waals surface area (Å²) >= 11 is 0. The van der Waals surface area contributed by atoms with E-state index in [9.17, 15) is 0 Å². The van der Waals surface area contributed by atoms with Crippen LogP contribution in [0.3, 0.4) is 0 Å². The van der Waals surface area contributed by atoms with Gasteiger partial charge < -0.3 is 4.57 Å². The van der Waals surface area contributed by atoms with Gasteiger partial charge in [-0.2, -0.15) is 0 Å². The highest BCUT2D eigenvalue weighted by Gasteiger charge is 2.17. The van der Waals surface area contributed by atoms with Crippen molar-refractivity contribution in [2.24, 2.45) is 0 Å². The Bertz CT molecular complexity index is 2280. The molecule has 1 heterocycles. The Kier molecular flexibility index (Phi) is 5.33. The molecule has 1 aromatic heterocycles. The predicted octanol–water partition coefficient (Wildman–Crippen LogP) is 11.0. The van der Waals surface area contributed by atoms with Crippen molar-refractivity contribution in [2.75, 3.05) is 0 Å². The zero-order valence-corrected chi connectivity index (χ0v) is 23.2. The van der Waals surface area contributed by atoms with Crippen LogP contribution >= 0.6 is 0 Å². The summed E-state index contributed by atoms with van der Waals surface area (Å²) in [6.07, 6.45) is 0. The van der Waals surface area contributed by atoms with E-state index >= 15 is 0 Å². The Morgan fingerprint density at radius 2 is 1.00 bits per heavy atom. The van der Waals surface area contributed by atoms with Gasteiger partial charge in [0.2, 0.25) is 0 Å². The van der Waals surface area contributed by atoms with Crippen LogP contribution in [0.25, 0.3) is 71.3 Å². The van der Waals surface area contributed by atoms with Gasteiger partial charge in [-0.1, -0.05) is 109 Å². The quantitative estimate of drug-likeness (QED) is 0.203. The highest BCUT2D eigenvalue weighted by atomic mass is 15.0. The normalized spacial score (nSPS) is 11.7. The highest BCUT2D eigenvalue weighted by molar-refractivity contribution is 6.15. The minimum atomic E-state index is 1.22. The van der Waals surface area contributed by atoms with Crippen molar-refractivity contribution < 1.29 is 0 Å². The molecular formula is C40H29N. The summed E-state index contributed by atoms with van der Waals surface area (Å²) in [5.74, 6) is 0. The van der Waals surface area contributed by atoms with Crippen molar-refractivity contribution >= 4 is 43.4 Å². The van der Waals surface area contributed by atoms with Gasteiger partial charge in [0.1, 0.15) is 0 Å². The number of para-hydroxylation sites is 1. The average molecular weight is 524 g/mol. The first-order chi connectivity index (χ1) is 20.2. The van der Waals surface area contributed by atoms with Gasteiger partial charge in [-0.05, 0) is 93.7 Å². The number of hydrogen-bond acceptors (Lipinski definition) is 0. The van der Waals surface area contributed by atoms with E-state index in [4.69, 9.17) is 0 Å². The molecule has 41 heavy (non-hydrogen) atoms. The summed E-state index contributed by atoms with van der Waals surface area (Å²) in [6, 6.07) is 51.2. The van der Waals surface area contributed by atoms with Crippen LogP contribution < -0.4 is 0 Å². The van der Waals surface area contributed by atoms with Crippen molar-refractivity contribution in [1.29, 1.82) is 0 Å². The molecule has 0 saturated heterocycles. The van der Waals surface area contributed by atoms with Crippen LogP contribution in [-0.4, -0.2) is 4.57 Å². The van der Waals surface area contributed by atoms with E-state index in [1.165, 1.54) is 82.4 Å². The highest BCUT2D eigenvalue weighted by Crippen LogP contribution is 2.39. The molecule has 0 unspecified atom stereocenters. The van der Waals surface area contributed by atoms with Crippen molar-refractivity contribution in [3.8, 4) is 27.9 Å². The number of rotatable bonds is 3. The topological polar surface area (TPSA) is 4.93 Å². The van der Waals surface area contributed by atoms with Gasteiger partial charge in [0.15, 0.2) is 0 Å². The van der Waals surface area contributed by atoms with Crippen molar-refractivity contribution in [1.82, 2.24) is 4.57 Å². The summed E-state index contributed by atoms with van der Waals surface area (Å²) in [5, 5.41) is 7.64. The maximum absolute atomic E-state index is 2.46. The number of nitrogens with zero attached hydrogens (tertiary/aromatic N) is 1. The van der Waals surface area contributed by atoms with Crippen molar-refractivity contribution in [2.45, 2.75) is 13.8 Å². The molecule has 0 N–H and O–H groups in total. The van der Waals surface area contributed by atoms with Gasteiger partial charge in [-0.15, -0.1) is 0 Å². The predicted molar refractivity (Wildman–Crippen MR) is 176 cm³/mol. The molecule has 0 atom stereocenters. The second kappa shape index (κ2) is 9.21. The molecule has 0 bridgehead atoms. The average Bonchev–Trinajstić information content (AvgIpc) is 3.35. The lowest BCUT2D eigenvalue weighted by Gasteiger charge is -2.15. The molecule has 0 radical (unpaired) electrons. The molecule has 0 aliphatic rings. The Morgan fingerprint density at radius 1 is 0.390 bits per heavy atom. The third-order valence-corrected chi connectivity index (χ3v) is 8.67. The SMILES string of the molecule is Cc1ccccc1-c1cc(-c2ccc3c(c2)c2ccccc2n3-c2cc3ccccc3c3ccccc23)ccc1C. The molecule has 0 aliphatic carbocycles. The van der Waals surface area contributed by atoms with E-state index in [1.807, 2.05) is 0 Å². The lowest BCUT2D eigenvalue weighted by atomic mass is 9.92. The Hall–Kier alpha value is -5.14. The fraction of sp³-hybridized carbons (Fsp3) is 0.0500. The van der Waals surface area contributed by atoms with Crippen LogP contribution in [0, 0.1) is 13.8 Å². The van der Waals surface area contributed by atoms with Gasteiger partial charge >= 0.3 is 0 Å². The molecule has 0 saturated carbocycles. The number of aryl methyl sites for hydroxylation is 2. The zero-order valence-electron chi connectivity index (χ0n) is 23.2. The number of benzene rings is 7. The van der Waals surface area contributed by atoms with Gasteiger partial charge in [0.25, 0.3) is 0 Å². The lowest BCUT2D eigenvalue weighted by molar-refractivity contribution is 1.20. The van der Waals surface area contributed by atoms with E-state index in [1.54, 1.807) is 0 Å². The summed E-state index contributed by atoms with van der Waals surface area (Å²) < 4.78 is 2.46. The standard InChI is InChI=1S/C40H29N/c1-26-11-3-5-13-31(26)36-23-28(20-19-27(36)2)29-21-22-39-37(24-29)35-17-9-10-18-38(35)41(39)40-25-30-12-4-6-14-32(30)33-15-7-8-16-34(33)40/h3-25H,1-2H3. The minimum absolute atomic E-state index is 1.22. The maximum atomic E-state index is 2.46. The van der Waals surface area contributed by atoms with Gasteiger partial charge in [-0.3, -0.25) is 0 Å². The first kappa shape index (κ1) is 23.7. The number of hydrogen-bond donors (Lipinski definition) is 0. The van der Waals surface area contributed by atoms with Crippen LogP contribution in [0.15, 0.2) is 140 Å². The van der Waals surface area contributed by atoms with E-state index in [0.717, 1.165) is 0 Å². The molecular weight excluding hydrogens is 494 g/mol. The third-order valence-electron chi connectivity index (χ3n) is 8.67. The molecule has 0 fully saturated rings. The van der Waals surface area contributed by atoms with Crippen LogP contribution in [0.1, 0.15) is 11.1 Å². The lowest BCUT2D eigenvalue weighted by Crippen LogP contribution is -1.96. The largest absolute Gasteiger partial charge is 0.309 e. The molecule has 8 rings (SSSR count). The molecule has 1 nitrogen and oxygen atoms in total. The molecule has 7 aromatic carbocycles.